The van der Waals surface area contributed by atoms with E-state index in [1.807, 2.05) is 11.8 Å². The summed E-state index contributed by atoms with van der Waals surface area (Å²) in [6.45, 7) is 6.19. The van der Waals surface area contributed by atoms with Gasteiger partial charge in [-0.3, -0.25) is 9.48 Å². The maximum atomic E-state index is 12.5. The molecule has 1 atom stereocenters. The summed E-state index contributed by atoms with van der Waals surface area (Å²) in [5.74, 6) is 0.731. The van der Waals surface area contributed by atoms with Crippen LogP contribution in [0.4, 0.5) is 5.95 Å². The number of nitrogens with one attached hydrogen (secondary N) is 1. The van der Waals surface area contributed by atoms with Gasteiger partial charge in [0, 0.05) is 44.1 Å². The molecule has 1 aliphatic heterocycles. The van der Waals surface area contributed by atoms with E-state index in [9.17, 15) is 4.79 Å². The molecule has 0 unspecified atom stereocenters. The van der Waals surface area contributed by atoms with Gasteiger partial charge >= 0.3 is 0 Å². The fraction of sp³-hybridized carbons (Fsp3) is 0.529. The molecule has 1 fully saturated rings. The third-order valence-electron chi connectivity index (χ3n) is 4.33. The maximum absolute atomic E-state index is 12.5. The third-order valence-corrected chi connectivity index (χ3v) is 4.33. The van der Waals surface area contributed by atoms with Crippen molar-refractivity contribution in [2.75, 3.05) is 25.0 Å². The van der Waals surface area contributed by atoms with Gasteiger partial charge in [0.15, 0.2) is 0 Å². The molecule has 2 aromatic rings. The third kappa shape index (κ3) is 3.90. The first-order chi connectivity index (χ1) is 11.6. The molecule has 0 bridgehead atoms. The van der Waals surface area contributed by atoms with Gasteiger partial charge < -0.3 is 10.2 Å². The summed E-state index contributed by atoms with van der Waals surface area (Å²) in [5, 5.41) is 7.66. The minimum Gasteiger partial charge on any atom is -0.354 e. The zero-order valence-electron chi connectivity index (χ0n) is 14.3. The Morgan fingerprint density at radius 1 is 1.33 bits per heavy atom. The Kier molecular flexibility index (Phi) is 5.08. The van der Waals surface area contributed by atoms with Crippen molar-refractivity contribution in [1.82, 2.24) is 24.6 Å². The quantitative estimate of drug-likeness (QED) is 0.908. The number of anilines is 1. The Morgan fingerprint density at radius 2 is 2.12 bits per heavy atom. The lowest BCUT2D eigenvalue weighted by atomic mass is 10.1. The second-order valence-corrected chi connectivity index (χ2v) is 6.26. The largest absolute Gasteiger partial charge is 0.354 e. The average molecular weight is 328 g/mol. The number of hydrogen-bond donors (Lipinski definition) is 1. The van der Waals surface area contributed by atoms with E-state index >= 15 is 0 Å². The van der Waals surface area contributed by atoms with Gasteiger partial charge in [0.05, 0.1) is 11.7 Å². The van der Waals surface area contributed by atoms with E-state index in [1.165, 1.54) is 0 Å². The molecule has 0 radical (unpaired) electrons. The number of carbonyl (C=O) groups is 1. The fourth-order valence-corrected chi connectivity index (χ4v) is 3.23. The summed E-state index contributed by atoms with van der Waals surface area (Å²) in [6.07, 6.45) is 5.90. The summed E-state index contributed by atoms with van der Waals surface area (Å²) in [5.41, 5.74) is 2.19. The Balaban J connectivity index is 1.52. The Hall–Kier alpha value is -2.44. The molecule has 0 spiro atoms. The standard InChI is InChI=1S/C17H24N6O/c1-13-11-14(2)23(21-13)15-5-3-10-22(12-15)16(24)6-9-20-17-18-7-4-8-19-17/h4,7-8,11,15H,3,5-6,9-10,12H2,1-2H3,(H,18,19,20)/t15-/m1/s1. The molecule has 1 saturated heterocycles. The molecule has 1 amide bonds. The van der Waals surface area contributed by atoms with Crippen molar-refractivity contribution in [3.63, 3.8) is 0 Å². The van der Waals surface area contributed by atoms with E-state index in [0.29, 0.717) is 18.9 Å². The number of carbonyl (C=O) groups excluding carboxylic acids is 1. The number of likely N-dealkylation sites (tertiary alicyclic amines) is 1. The van der Waals surface area contributed by atoms with Gasteiger partial charge in [0.25, 0.3) is 0 Å². The molecule has 128 valence electrons. The summed E-state index contributed by atoms with van der Waals surface area (Å²) < 4.78 is 2.07. The smallest absolute Gasteiger partial charge is 0.224 e. The number of piperidine rings is 1. The molecule has 3 rings (SSSR count). The van der Waals surface area contributed by atoms with Crippen LogP contribution < -0.4 is 5.32 Å². The predicted octanol–water partition coefficient (Wildman–Crippen LogP) is 1.96. The minimum atomic E-state index is 0.171. The van der Waals surface area contributed by atoms with Gasteiger partial charge in [-0.1, -0.05) is 0 Å². The first-order valence-electron chi connectivity index (χ1n) is 8.45. The molecule has 1 N–H and O–H groups in total. The second kappa shape index (κ2) is 7.42. The highest BCUT2D eigenvalue weighted by Gasteiger charge is 2.25. The van der Waals surface area contributed by atoms with Crippen LogP contribution in [0, 0.1) is 13.8 Å². The predicted molar refractivity (Wildman–Crippen MR) is 91.7 cm³/mol. The molecule has 0 saturated carbocycles. The Morgan fingerprint density at radius 3 is 2.83 bits per heavy atom. The van der Waals surface area contributed by atoms with Crippen molar-refractivity contribution in [2.24, 2.45) is 0 Å². The lowest BCUT2D eigenvalue weighted by Crippen LogP contribution is -2.41. The topological polar surface area (TPSA) is 75.9 Å². The van der Waals surface area contributed by atoms with Crippen LogP contribution in [0.5, 0.6) is 0 Å². The number of rotatable bonds is 5. The molecule has 2 aromatic heterocycles. The van der Waals surface area contributed by atoms with Gasteiger partial charge in [-0.05, 0) is 38.8 Å². The summed E-state index contributed by atoms with van der Waals surface area (Å²) >= 11 is 0. The van der Waals surface area contributed by atoms with Crippen molar-refractivity contribution in [2.45, 2.75) is 39.2 Å². The van der Waals surface area contributed by atoms with Gasteiger partial charge in [0.1, 0.15) is 0 Å². The van der Waals surface area contributed by atoms with Crippen LogP contribution >= 0.6 is 0 Å². The molecule has 7 nitrogen and oxygen atoms in total. The zero-order valence-corrected chi connectivity index (χ0v) is 14.3. The number of hydrogen-bond acceptors (Lipinski definition) is 5. The zero-order chi connectivity index (χ0) is 16.9. The van der Waals surface area contributed by atoms with Crippen LogP contribution in [0.15, 0.2) is 24.5 Å². The van der Waals surface area contributed by atoms with Crippen molar-refractivity contribution >= 4 is 11.9 Å². The normalized spacial score (nSPS) is 17.8. The summed E-state index contributed by atoms with van der Waals surface area (Å²) in [6, 6.07) is 4.13. The Bertz CT molecular complexity index is 684. The van der Waals surface area contributed by atoms with E-state index in [-0.39, 0.29) is 11.9 Å². The number of aromatic nitrogens is 4. The first-order valence-corrected chi connectivity index (χ1v) is 8.45. The van der Waals surface area contributed by atoms with Crippen LogP contribution in [-0.4, -0.2) is 50.2 Å². The van der Waals surface area contributed by atoms with Crippen LogP contribution in [-0.2, 0) is 4.79 Å². The second-order valence-electron chi connectivity index (χ2n) is 6.26. The van der Waals surface area contributed by atoms with Crippen molar-refractivity contribution in [1.29, 1.82) is 0 Å². The van der Waals surface area contributed by atoms with Gasteiger partial charge in [-0.25, -0.2) is 9.97 Å². The van der Waals surface area contributed by atoms with E-state index < -0.39 is 0 Å². The summed E-state index contributed by atoms with van der Waals surface area (Å²) in [4.78, 5) is 22.6. The fourth-order valence-electron chi connectivity index (χ4n) is 3.23. The average Bonchev–Trinajstić information content (AvgIpc) is 2.94. The van der Waals surface area contributed by atoms with E-state index in [4.69, 9.17) is 0 Å². The first kappa shape index (κ1) is 16.4. The number of nitrogens with zero attached hydrogens (tertiary/aromatic N) is 5. The van der Waals surface area contributed by atoms with Crippen molar-refractivity contribution < 1.29 is 4.79 Å². The maximum Gasteiger partial charge on any atom is 0.224 e. The van der Waals surface area contributed by atoms with Crippen molar-refractivity contribution in [3.05, 3.63) is 35.9 Å². The molecule has 7 heteroatoms. The van der Waals surface area contributed by atoms with Crippen LogP contribution in [0.1, 0.15) is 36.7 Å². The van der Waals surface area contributed by atoms with Crippen molar-refractivity contribution in [3.8, 4) is 0 Å². The monoisotopic (exact) mass is 328 g/mol. The molecule has 0 aromatic carbocycles. The number of aryl methyl sites for hydroxylation is 2. The highest BCUT2D eigenvalue weighted by Crippen LogP contribution is 2.23. The Labute approximate surface area is 142 Å². The molecular formula is C17H24N6O. The highest BCUT2D eigenvalue weighted by atomic mass is 16.2. The SMILES string of the molecule is Cc1cc(C)n([C@@H]2CCCN(C(=O)CCNc3ncccn3)C2)n1. The minimum absolute atomic E-state index is 0.171. The van der Waals surface area contributed by atoms with Crippen LogP contribution in [0.25, 0.3) is 0 Å². The van der Waals surface area contributed by atoms with Gasteiger partial charge in [-0.15, -0.1) is 0 Å². The van der Waals surface area contributed by atoms with Crippen LogP contribution in [0.2, 0.25) is 0 Å². The molecule has 1 aliphatic rings. The van der Waals surface area contributed by atoms with E-state index in [1.54, 1.807) is 18.5 Å². The lowest BCUT2D eigenvalue weighted by molar-refractivity contribution is -0.132. The highest BCUT2D eigenvalue weighted by molar-refractivity contribution is 5.76. The lowest BCUT2D eigenvalue weighted by Gasteiger charge is -2.33. The molecular weight excluding hydrogens is 304 g/mol. The molecule has 0 aliphatic carbocycles. The van der Waals surface area contributed by atoms with E-state index in [2.05, 4.69) is 38.1 Å². The number of amides is 1. The molecule has 3 heterocycles. The van der Waals surface area contributed by atoms with Gasteiger partial charge in [0.2, 0.25) is 11.9 Å². The van der Waals surface area contributed by atoms with Gasteiger partial charge in [-0.2, -0.15) is 5.10 Å². The van der Waals surface area contributed by atoms with E-state index in [0.717, 1.165) is 37.3 Å². The van der Waals surface area contributed by atoms with Crippen LogP contribution in [0.3, 0.4) is 0 Å². The molecule has 24 heavy (non-hydrogen) atoms. The summed E-state index contributed by atoms with van der Waals surface area (Å²) in [7, 11) is 0.